The fourth-order valence-corrected chi connectivity index (χ4v) is 1.78. The Labute approximate surface area is 109 Å². The van der Waals surface area contributed by atoms with Crippen LogP contribution in [0.2, 0.25) is 0 Å². The number of imidazole rings is 1. The Kier molecular flexibility index (Phi) is 2.68. The van der Waals surface area contributed by atoms with Crippen molar-refractivity contribution in [3.63, 3.8) is 0 Å². The van der Waals surface area contributed by atoms with Gasteiger partial charge in [0.05, 0.1) is 11.2 Å². The fourth-order valence-electron chi connectivity index (χ4n) is 1.78. The van der Waals surface area contributed by atoms with E-state index in [1.807, 2.05) is 24.3 Å². The molecule has 0 unspecified atom stereocenters. The number of H-pyrrole nitrogens is 1. The minimum absolute atomic E-state index is 0.296. The fraction of sp³-hybridized carbons (Fsp3) is 0.0769. The van der Waals surface area contributed by atoms with Gasteiger partial charge in [-0.3, -0.25) is 0 Å². The zero-order valence-corrected chi connectivity index (χ0v) is 10.1. The SMILES string of the molecule is Nc1ccc2[nH]c(COc3ccccc3N)nc2n1. The lowest BCUT2D eigenvalue weighted by molar-refractivity contribution is 0.299. The number of hydrogen-bond donors (Lipinski definition) is 3. The van der Waals surface area contributed by atoms with Gasteiger partial charge in [-0.1, -0.05) is 12.1 Å². The average Bonchev–Trinajstić information content (AvgIpc) is 2.79. The summed E-state index contributed by atoms with van der Waals surface area (Å²) in [5.41, 5.74) is 13.4. The summed E-state index contributed by atoms with van der Waals surface area (Å²) in [5, 5.41) is 0. The molecule has 0 atom stereocenters. The van der Waals surface area contributed by atoms with Crippen LogP contribution in [0.3, 0.4) is 0 Å². The van der Waals surface area contributed by atoms with Crippen molar-refractivity contribution in [2.24, 2.45) is 0 Å². The maximum atomic E-state index is 5.80. The third-order valence-corrected chi connectivity index (χ3v) is 2.70. The van der Waals surface area contributed by atoms with Gasteiger partial charge < -0.3 is 21.2 Å². The van der Waals surface area contributed by atoms with Gasteiger partial charge >= 0.3 is 0 Å². The van der Waals surface area contributed by atoms with Crippen LogP contribution in [0.5, 0.6) is 5.75 Å². The molecule has 0 aliphatic rings. The summed E-state index contributed by atoms with van der Waals surface area (Å²) in [5.74, 6) is 1.76. The Morgan fingerprint density at radius 3 is 2.74 bits per heavy atom. The van der Waals surface area contributed by atoms with E-state index >= 15 is 0 Å². The van der Waals surface area contributed by atoms with Crippen LogP contribution in [-0.2, 0) is 6.61 Å². The summed E-state index contributed by atoms with van der Waals surface area (Å²) >= 11 is 0. The molecule has 1 aromatic carbocycles. The van der Waals surface area contributed by atoms with Crippen LogP contribution in [0.1, 0.15) is 5.82 Å². The molecular formula is C13H13N5O. The van der Waals surface area contributed by atoms with E-state index in [0.29, 0.717) is 35.3 Å². The van der Waals surface area contributed by atoms with Crippen molar-refractivity contribution in [3.05, 3.63) is 42.2 Å². The van der Waals surface area contributed by atoms with Gasteiger partial charge in [0, 0.05) is 0 Å². The van der Waals surface area contributed by atoms with Crippen molar-refractivity contribution in [2.45, 2.75) is 6.61 Å². The summed E-state index contributed by atoms with van der Waals surface area (Å²) in [6, 6.07) is 10.9. The van der Waals surface area contributed by atoms with Gasteiger partial charge in [0.15, 0.2) is 5.65 Å². The van der Waals surface area contributed by atoms with Crippen molar-refractivity contribution < 1.29 is 4.74 Å². The van der Waals surface area contributed by atoms with Gasteiger partial charge in [0.1, 0.15) is 24.0 Å². The van der Waals surface area contributed by atoms with Gasteiger partial charge in [0.2, 0.25) is 0 Å². The zero-order valence-electron chi connectivity index (χ0n) is 10.1. The molecule has 0 aliphatic carbocycles. The predicted molar refractivity (Wildman–Crippen MR) is 73.5 cm³/mol. The van der Waals surface area contributed by atoms with Crippen molar-refractivity contribution in [1.29, 1.82) is 0 Å². The number of benzene rings is 1. The summed E-state index contributed by atoms with van der Waals surface area (Å²) < 4.78 is 5.60. The molecule has 6 nitrogen and oxygen atoms in total. The molecule has 2 aromatic heterocycles. The molecular weight excluding hydrogens is 242 g/mol. The number of nitrogens with one attached hydrogen (secondary N) is 1. The van der Waals surface area contributed by atoms with Gasteiger partial charge in [-0.25, -0.2) is 9.97 Å². The molecule has 19 heavy (non-hydrogen) atoms. The lowest BCUT2D eigenvalue weighted by Crippen LogP contribution is -1.99. The molecule has 3 aromatic rings. The second-order valence-corrected chi connectivity index (χ2v) is 4.12. The maximum Gasteiger partial charge on any atom is 0.179 e. The number of aromatic nitrogens is 3. The lowest BCUT2D eigenvalue weighted by Gasteiger charge is -2.06. The van der Waals surface area contributed by atoms with E-state index in [1.54, 1.807) is 12.1 Å². The third-order valence-electron chi connectivity index (χ3n) is 2.70. The molecule has 6 heteroatoms. The number of nitrogens with zero attached hydrogens (tertiary/aromatic N) is 2. The van der Waals surface area contributed by atoms with Crippen LogP contribution in [-0.4, -0.2) is 15.0 Å². The van der Waals surface area contributed by atoms with Crippen LogP contribution in [0.25, 0.3) is 11.2 Å². The van der Waals surface area contributed by atoms with E-state index in [2.05, 4.69) is 15.0 Å². The summed E-state index contributed by atoms with van der Waals surface area (Å²) in [4.78, 5) is 11.5. The van der Waals surface area contributed by atoms with Crippen molar-refractivity contribution >= 4 is 22.7 Å². The van der Waals surface area contributed by atoms with Crippen LogP contribution >= 0.6 is 0 Å². The number of fused-ring (bicyclic) bond motifs is 1. The molecule has 0 radical (unpaired) electrons. The van der Waals surface area contributed by atoms with E-state index in [-0.39, 0.29) is 0 Å². The molecule has 0 saturated heterocycles. The van der Waals surface area contributed by atoms with Crippen molar-refractivity contribution in [2.75, 3.05) is 11.5 Å². The number of rotatable bonds is 3. The molecule has 0 amide bonds. The quantitative estimate of drug-likeness (QED) is 0.618. The molecule has 0 bridgehead atoms. The number of anilines is 2. The highest BCUT2D eigenvalue weighted by Crippen LogP contribution is 2.21. The third kappa shape index (κ3) is 2.28. The molecule has 0 spiro atoms. The largest absolute Gasteiger partial charge is 0.484 e. The summed E-state index contributed by atoms with van der Waals surface area (Å²) in [6.45, 7) is 0.296. The van der Waals surface area contributed by atoms with Gasteiger partial charge in [-0.05, 0) is 24.3 Å². The zero-order chi connectivity index (χ0) is 13.2. The first kappa shape index (κ1) is 11.3. The summed E-state index contributed by atoms with van der Waals surface area (Å²) in [7, 11) is 0. The Balaban J connectivity index is 1.80. The molecule has 96 valence electrons. The summed E-state index contributed by atoms with van der Waals surface area (Å²) in [6.07, 6.45) is 0. The minimum atomic E-state index is 0.296. The van der Waals surface area contributed by atoms with Crippen molar-refractivity contribution in [3.8, 4) is 5.75 Å². The van der Waals surface area contributed by atoms with Crippen LogP contribution in [0, 0.1) is 0 Å². The number of nitrogen functional groups attached to an aromatic ring is 2. The van der Waals surface area contributed by atoms with Gasteiger partial charge in [-0.15, -0.1) is 0 Å². The molecule has 5 N–H and O–H groups in total. The first-order valence-electron chi connectivity index (χ1n) is 5.81. The van der Waals surface area contributed by atoms with E-state index in [1.165, 1.54) is 0 Å². The number of aromatic amines is 1. The molecule has 0 saturated carbocycles. The maximum absolute atomic E-state index is 5.80. The van der Waals surface area contributed by atoms with Crippen molar-refractivity contribution in [1.82, 2.24) is 15.0 Å². The van der Waals surface area contributed by atoms with Crippen LogP contribution < -0.4 is 16.2 Å². The first-order chi connectivity index (χ1) is 9.22. The Morgan fingerprint density at radius 2 is 1.89 bits per heavy atom. The Morgan fingerprint density at radius 1 is 1.05 bits per heavy atom. The smallest absolute Gasteiger partial charge is 0.179 e. The topological polar surface area (TPSA) is 103 Å². The molecule has 0 fully saturated rings. The highest BCUT2D eigenvalue weighted by atomic mass is 16.5. The normalized spacial score (nSPS) is 10.7. The number of nitrogens with two attached hydrogens (primary N) is 2. The highest BCUT2D eigenvalue weighted by molar-refractivity contribution is 5.72. The highest BCUT2D eigenvalue weighted by Gasteiger charge is 2.06. The van der Waals surface area contributed by atoms with Crippen LogP contribution in [0.4, 0.5) is 11.5 Å². The number of ether oxygens (including phenoxy) is 1. The van der Waals surface area contributed by atoms with Gasteiger partial charge in [-0.2, -0.15) is 0 Å². The Bertz CT molecular complexity index is 722. The van der Waals surface area contributed by atoms with E-state index in [4.69, 9.17) is 16.2 Å². The van der Waals surface area contributed by atoms with E-state index < -0.39 is 0 Å². The number of para-hydroxylation sites is 2. The first-order valence-corrected chi connectivity index (χ1v) is 5.81. The molecule has 0 aliphatic heterocycles. The number of hydrogen-bond acceptors (Lipinski definition) is 5. The van der Waals surface area contributed by atoms with E-state index in [9.17, 15) is 0 Å². The average molecular weight is 255 g/mol. The second-order valence-electron chi connectivity index (χ2n) is 4.12. The van der Waals surface area contributed by atoms with Gasteiger partial charge in [0.25, 0.3) is 0 Å². The lowest BCUT2D eigenvalue weighted by atomic mass is 10.3. The second kappa shape index (κ2) is 4.49. The van der Waals surface area contributed by atoms with E-state index in [0.717, 1.165) is 5.52 Å². The minimum Gasteiger partial charge on any atom is -0.484 e. The molecule has 2 heterocycles. The number of pyridine rings is 1. The molecule has 3 rings (SSSR count). The van der Waals surface area contributed by atoms with Crippen LogP contribution in [0.15, 0.2) is 36.4 Å². The Hall–Kier alpha value is -2.76. The monoisotopic (exact) mass is 255 g/mol. The standard InChI is InChI=1S/C13H13N5O/c14-8-3-1-2-4-10(8)19-7-12-16-9-5-6-11(15)17-13(9)18-12/h1-6H,7,14H2,(H3,15,16,17,18). The predicted octanol–water partition coefficient (Wildman–Crippen LogP) is 1.70.